The van der Waals surface area contributed by atoms with Crippen molar-refractivity contribution < 1.29 is 0 Å². The van der Waals surface area contributed by atoms with Crippen LogP contribution >= 0.6 is 0 Å². The Bertz CT molecular complexity index is 297. The monoisotopic (exact) mass is 190 g/mol. The number of nitrogens with zero attached hydrogens (tertiary/aromatic N) is 1. The normalized spacial score (nSPS) is 30.6. The van der Waals surface area contributed by atoms with Crippen LogP contribution in [0, 0.1) is 11.3 Å². The molecule has 2 nitrogen and oxygen atoms in total. The summed E-state index contributed by atoms with van der Waals surface area (Å²) in [7, 11) is 0. The fourth-order valence-corrected chi connectivity index (χ4v) is 1.71. The molecule has 14 heavy (non-hydrogen) atoms. The molecule has 0 fully saturated rings. The van der Waals surface area contributed by atoms with E-state index in [1.807, 2.05) is 0 Å². The molecule has 0 spiro atoms. The van der Waals surface area contributed by atoms with Crippen molar-refractivity contribution in [2.24, 2.45) is 16.3 Å². The summed E-state index contributed by atoms with van der Waals surface area (Å²) in [6.45, 7) is 7.74. The van der Waals surface area contributed by atoms with Gasteiger partial charge in [-0.05, 0) is 17.9 Å². The summed E-state index contributed by atoms with van der Waals surface area (Å²) in [5.74, 6) is 1.66. The van der Waals surface area contributed by atoms with Crippen LogP contribution in [0.15, 0.2) is 28.5 Å². The third-order valence-electron chi connectivity index (χ3n) is 3.35. The van der Waals surface area contributed by atoms with Crippen molar-refractivity contribution in [3.8, 4) is 0 Å². The third kappa shape index (κ3) is 1.49. The predicted molar refractivity (Wildman–Crippen MR) is 60.2 cm³/mol. The maximum absolute atomic E-state index is 4.54. The summed E-state index contributed by atoms with van der Waals surface area (Å²) >= 11 is 0. The Balaban J connectivity index is 2.30. The molecule has 0 radical (unpaired) electrons. The lowest BCUT2D eigenvalue weighted by Crippen LogP contribution is -2.22. The quantitative estimate of drug-likeness (QED) is 0.675. The molecule has 0 aromatic carbocycles. The zero-order valence-electron chi connectivity index (χ0n) is 9.17. The fourth-order valence-electron chi connectivity index (χ4n) is 1.71. The molecule has 2 rings (SSSR count). The molecule has 2 aliphatic heterocycles. The van der Waals surface area contributed by atoms with Crippen LogP contribution < -0.4 is 5.32 Å². The lowest BCUT2D eigenvalue weighted by molar-refractivity contribution is 0.423. The molecule has 0 saturated heterocycles. The second-order valence-corrected chi connectivity index (χ2v) is 4.66. The van der Waals surface area contributed by atoms with Gasteiger partial charge >= 0.3 is 0 Å². The SMILES string of the molecule is CC(C)C1(C)C=CC2=C(N=C1)NCC2. The van der Waals surface area contributed by atoms with Gasteiger partial charge in [-0.2, -0.15) is 0 Å². The molecular formula is C12H18N2. The van der Waals surface area contributed by atoms with E-state index in [1.165, 1.54) is 5.57 Å². The molecule has 1 atom stereocenters. The molecule has 2 heterocycles. The van der Waals surface area contributed by atoms with Crippen LogP contribution in [0.1, 0.15) is 27.2 Å². The van der Waals surface area contributed by atoms with Gasteiger partial charge in [0, 0.05) is 18.2 Å². The van der Waals surface area contributed by atoms with Gasteiger partial charge in [-0.1, -0.05) is 32.9 Å². The minimum absolute atomic E-state index is 0.103. The molecule has 0 amide bonds. The summed E-state index contributed by atoms with van der Waals surface area (Å²) in [4.78, 5) is 4.54. The Morgan fingerprint density at radius 1 is 1.50 bits per heavy atom. The molecule has 0 aliphatic carbocycles. The van der Waals surface area contributed by atoms with Gasteiger partial charge in [-0.3, -0.25) is 0 Å². The highest BCUT2D eigenvalue weighted by atomic mass is 15.1. The van der Waals surface area contributed by atoms with E-state index in [1.54, 1.807) is 0 Å². The Morgan fingerprint density at radius 2 is 2.29 bits per heavy atom. The van der Waals surface area contributed by atoms with Gasteiger partial charge in [0.1, 0.15) is 5.82 Å². The number of allylic oxidation sites excluding steroid dienone is 2. The molecule has 2 heteroatoms. The lowest BCUT2D eigenvalue weighted by atomic mass is 9.80. The van der Waals surface area contributed by atoms with Crippen molar-refractivity contribution in [2.45, 2.75) is 27.2 Å². The number of hydrogen-bond acceptors (Lipinski definition) is 2. The van der Waals surface area contributed by atoms with E-state index in [-0.39, 0.29) is 5.41 Å². The van der Waals surface area contributed by atoms with E-state index in [0.29, 0.717) is 5.92 Å². The van der Waals surface area contributed by atoms with Crippen molar-refractivity contribution in [3.05, 3.63) is 23.5 Å². The van der Waals surface area contributed by atoms with Gasteiger partial charge in [0.2, 0.25) is 0 Å². The smallest absolute Gasteiger partial charge is 0.128 e. The van der Waals surface area contributed by atoms with Gasteiger partial charge in [-0.25, -0.2) is 4.99 Å². The molecule has 1 N–H and O–H groups in total. The number of aliphatic imine (C=N–C) groups is 1. The zero-order valence-corrected chi connectivity index (χ0v) is 9.17. The van der Waals surface area contributed by atoms with Crippen molar-refractivity contribution >= 4 is 6.21 Å². The first-order chi connectivity index (χ1) is 6.62. The van der Waals surface area contributed by atoms with Gasteiger partial charge in [0.15, 0.2) is 0 Å². The second kappa shape index (κ2) is 3.26. The summed E-state index contributed by atoms with van der Waals surface area (Å²) < 4.78 is 0. The van der Waals surface area contributed by atoms with Crippen LogP contribution in [0.5, 0.6) is 0 Å². The topological polar surface area (TPSA) is 24.4 Å². The van der Waals surface area contributed by atoms with E-state index >= 15 is 0 Å². The van der Waals surface area contributed by atoms with Crippen LogP contribution in [-0.4, -0.2) is 12.8 Å². The van der Waals surface area contributed by atoms with E-state index in [2.05, 4.69) is 49.4 Å². The van der Waals surface area contributed by atoms with Crippen molar-refractivity contribution in [2.75, 3.05) is 6.54 Å². The van der Waals surface area contributed by atoms with Crippen molar-refractivity contribution in [3.63, 3.8) is 0 Å². The van der Waals surface area contributed by atoms with Crippen LogP contribution in [0.4, 0.5) is 0 Å². The van der Waals surface area contributed by atoms with Crippen LogP contribution in [0.2, 0.25) is 0 Å². The summed E-state index contributed by atoms with van der Waals surface area (Å²) in [5, 5.41) is 3.31. The fraction of sp³-hybridized carbons (Fsp3) is 0.583. The highest BCUT2D eigenvalue weighted by Crippen LogP contribution is 2.31. The number of nitrogens with one attached hydrogen (secondary N) is 1. The molecule has 0 aromatic rings. The first kappa shape index (κ1) is 9.50. The predicted octanol–water partition coefficient (Wildman–Crippen LogP) is 2.49. The Labute approximate surface area is 85.8 Å². The van der Waals surface area contributed by atoms with Crippen molar-refractivity contribution in [1.82, 2.24) is 5.32 Å². The number of rotatable bonds is 1. The number of hydrogen-bond donors (Lipinski definition) is 1. The third-order valence-corrected chi connectivity index (χ3v) is 3.35. The zero-order chi connectivity index (χ0) is 10.2. The van der Waals surface area contributed by atoms with Crippen molar-refractivity contribution in [1.29, 1.82) is 0 Å². The van der Waals surface area contributed by atoms with E-state index < -0.39 is 0 Å². The largest absolute Gasteiger partial charge is 0.370 e. The summed E-state index contributed by atoms with van der Waals surface area (Å²) in [5.41, 5.74) is 1.46. The highest BCUT2D eigenvalue weighted by Gasteiger charge is 2.26. The summed E-state index contributed by atoms with van der Waals surface area (Å²) in [6.07, 6.45) is 7.71. The Kier molecular flexibility index (Phi) is 2.22. The Hall–Kier alpha value is -1.05. The molecule has 0 bridgehead atoms. The average molecular weight is 190 g/mol. The first-order valence-electron chi connectivity index (χ1n) is 5.33. The van der Waals surface area contributed by atoms with Crippen LogP contribution in [0.3, 0.4) is 0 Å². The van der Waals surface area contributed by atoms with Gasteiger partial charge < -0.3 is 5.32 Å². The first-order valence-corrected chi connectivity index (χ1v) is 5.33. The van der Waals surface area contributed by atoms with Crippen LogP contribution in [-0.2, 0) is 0 Å². The molecule has 0 saturated carbocycles. The van der Waals surface area contributed by atoms with Gasteiger partial charge in [-0.15, -0.1) is 0 Å². The van der Waals surface area contributed by atoms with Crippen LogP contribution in [0.25, 0.3) is 0 Å². The minimum Gasteiger partial charge on any atom is -0.370 e. The molecule has 0 aromatic heterocycles. The maximum Gasteiger partial charge on any atom is 0.128 e. The molecule has 2 aliphatic rings. The van der Waals surface area contributed by atoms with Gasteiger partial charge in [0.05, 0.1) is 0 Å². The van der Waals surface area contributed by atoms with E-state index in [0.717, 1.165) is 18.8 Å². The second-order valence-electron chi connectivity index (χ2n) is 4.66. The minimum atomic E-state index is 0.103. The van der Waals surface area contributed by atoms with E-state index in [4.69, 9.17) is 0 Å². The summed E-state index contributed by atoms with van der Waals surface area (Å²) in [6, 6.07) is 0. The van der Waals surface area contributed by atoms with E-state index in [9.17, 15) is 0 Å². The molecule has 1 unspecified atom stereocenters. The average Bonchev–Trinajstić information content (AvgIpc) is 2.53. The van der Waals surface area contributed by atoms with Gasteiger partial charge in [0.25, 0.3) is 0 Å². The standard InChI is InChI=1S/C12H18N2/c1-9(2)12(3)6-4-10-5-7-13-11(10)14-8-12/h4,6,8-9,13H,5,7H2,1-3H3. The Morgan fingerprint density at radius 3 is 3.00 bits per heavy atom. The molecule has 76 valence electrons. The highest BCUT2D eigenvalue weighted by molar-refractivity contribution is 5.71. The molecular weight excluding hydrogens is 172 g/mol. The maximum atomic E-state index is 4.54. The lowest BCUT2D eigenvalue weighted by Gasteiger charge is -2.25.